The smallest absolute Gasteiger partial charge is 0.302 e. The zero-order chi connectivity index (χ0) is 22.1. The topological polar surface area (TPSA) is 102 Å². The highest BCUT2D eigenvalue weighted by atomic mass is 16.5. The van der Waals surface area contributed by atoms with Gasteiger partial charge in [-0.1, -0.05) is 30.3 Å². The van der Waals surface area contributed by atoms with Gasteiger partial charge in [0.25, 0.3) is 0 Å². The van der Waals surface area contributed by atoms with Crippen LogP contribution < -0.4 is 4.74 Å². The second-order valence-corrected chi connectivity index (χ2v) is 7.14. The van der Waals surface area contributed by atoms with E-state index in [9.17, 15) is 9.90 Å². The van der Waals surface area contributed by atoms with E-state index in [1.165, 1.54) is 0 Å². The van der Waals surface area contributed by atoms with Crippen molar-refractivity contribution < 1.29 is 19.1 Å². The first-order valence-electron chi connectivity index (χ1n) is 9.90. The second-order valence-electron chi connectivity index (χ2n) is 7.14. The summed E-state index contributed by atoms with van der Waals surface area (Å²) in [7, 11) is 1.71. The van der Waals surface area contributed by atoms with Crippen LogP contribution in [0.5, 0.6) is 11.6 Å². The number of hydrogen-bond acceptors (Lipinski definition) is 6. The van der Waals surface area contributed by atoms with E-state index in [2.05, 4.69) is 15.2 Å². The number of ether oxygens (including phenoxy) is 1. The lowest BCUT2D eigenvalue weighted by atomic mass is 10.2. The molecule has 158 valence electrons. The Morgan fingerprint density at radius 1 is 1.06 bits per heavy atom. The van der Waals surface area contributed by atoms with E-state index in [0.717, 1.165) is 22.2 Å². The van der Waals surface area contributed by atoms with Crippen LogP contribution in [0.1, 0.15) is 0 Å². The van der Waals surface area contributed by atoms with Crippen molar-refractivity contribution in [1.82, 2.24) is 9.55 Å². The van der Waals surface area contributed by atoms with E-state index in [0.29, 0.717) is 17.0 Å². The summed E-state index contributed by atoms with van der Waals surface area (Å²) >= 11 is 0. The molecule has 0 aliphatic rings. The van der Waals surface area contributed by atoms with Crippen molar-refractivity contribution in [1.29, 1.82) is 0 Å². The van der Waals surface area contributed by atoms with Crippen LogP contribution >= 0.6 is 0 Å². The van der Waals surface area contributed by atoms with Gasteiger partial charge in [0.05, 0.1) is 5.52 Å². The van der Waals surface area contributed by atoms with Crippen molar-refractivity contribution in [3.05, 3.63) is 72.8 Å². The average molecular weight is 426 g/mol. The SMILES string of the molecule is Cn1c(O)c(N=NC(=O)COc2ccc(-c3nc4ccccc4o3)cc2)c2ccccc21. The predicted octanol–water partition coefficient (Wildman–Crippen LogP) is 5.38. The molecule has 0 aliphatic carbocycles. The fraction of sp³-hybridized carbons (Fsp3) is 0.0833. The van der Waals surface area contributed by atoms with E-state index in [1.807, 2.05) is 48.5 Å². The largest absolute Gasteiger partial charge is 0.493 e. The van der Waals surface area contributed by atoms with Crippen LogP contribution in [0.3, 0.4) is 0 Å². The zero-order valence-electron chi connectivity index (χ0n) is 17.1. The first-order valence-corrected chi connectivity index (χ1v) is 9.90. The van der Waals surface area contributed by atoms with Crippen LogP contribution in [0, 0.1) is 0 Å². The van der Waals surface area contributed by atoms with Gasteiger partial charge in [0.15, 0.2) is 17.9 Å². The molecule has 0 atom stereocenters. The number of nitrogens with zero attached hydrogens (tertiary/aromatic N) is 4. The Kier molecular flexibility index (Phi) is 4.87. The summed E-state index contributed by atoms with van der Waals surface area (Å²) < 4.78 is 12.8. The van der Waals surface area contributed by atoms with E-state index in [4.69, 9.17) is 9.15 Å². The van der Waals surface area contributed by atoms with Gasteiger partial charge in [0, 0.05) is 18.0 Å². The summed E-state index contributed by atoms with van der Waals surface area (Å²) in [5, 5.41) is 18.6. The number of oxazole rings is 1. The average Bonchev–Trinajstić information content (AvgIpc) is 3.36. The molecule has 1 amide bonds. The fourth-order valence-corrected chi connectivity index (χ4v) is 3.43. The number of aromatic nitrogens is 2. The van der Waals surface area contributed by atoms with Gasteiger partial charge >= 0.3 is 5.91 Å². The minimum absolute atomic E-state index is 0.0570. The van der Waals surface area contributed by atoms with Crippen LogP contribution in [-0.4, -0.2) is 27.2 Å². The van der Waals surface area contributed by atoms with Gasteiger partial charge in [-0.3, -0.25) is 4.79 Å². The summed E-state index contributed by atoms with van der Waals surface area (Å²) in [6, 6.07) is 22.0. The van der Waals surface area contributed by atoms with Crippen molar-refractivity contribution in [2.45, 2.75) is 0 Å². The Morgan fingerprint density at radius 3 is 2.62 bits per heavy atom. The highest BCUT2D eigenvalue weighted by Gasteiger charge is 2.14. The Labute approximate surface area is 182 Å². The van der Waals surface area contributed by atoms with Gasteiger partial charge in [0.2, 0.25) is 11.8 Å². The summed E-state index contributed by atoms with van der Waals surface area (Å²) in [6.07, 6.45) is 0. The number of rotatable bonds is 5. The molecule has 1 N–H and O–H groups in total. The van der Waals surface area contributed by atoms with Gasteiger partial charge in [-0.05, 0) is 42.5 Å². The van der Waals surface area contributed by atoms with Crippen molar-refractivity contribution >= 4 is 33.6 Å². The van der Waals surface area contributed by atoms with Crippen LogP contribution in [0.15, 0.2) is 87.4 Å². The number of carbonyl (C=O) groups is 1. The summed E-state index contributed by atoms with van der Waals surface area (Å²) in [6.45, 7) is -0.280. The minimum Gasteiger partial charge on any atom is -0.493 e. The maximum Gasteiger partial charge on any atom is 0.302 e. The highest BCUT2D eigenvalue weighted by Crippen LogP contribution is 2.37. The summed E-state index contributed by atoms with van der Waals surface area (Å²) in [5.74, 6) is 0.387. The molecule has 0 aliphatic heterocycles. The number of aryl methyl sites for hydroxylation is 1. The Hall–Kier alpha value is -4.46. The Balaban J connectivity index is 1.25. The van der Waals surface area contributed by atoms with E-state index in [-0.39, 0.29) is 18.2 Å². The molecule has 2 aromatic heterocycles. The van der Waals surface area contributed by atoms with Crippen molar-refractivity contribution in [3.8, 4) is 23.1 Å². The normalized spacial score (nSPS) is 11.5. The maximum atomic E-state index is 12.1. The van der Waals surface area contributed by atoms with Crippen molar-refractivity contribution in [2.75, 3.05) is 6.61 Å². The zero-order valence-corrected chi connectivity index (χ0v) is 17.1. The van der Waals surface area contributed by atoms with Crippen LogP contribution in [0.25, 0.3) is 33.5 Å². The van der Waals surface area contributed by atoms with Gasteiger partial charge < -0.3 is 18.8 Å². The van der Waals surface area contributed by atoms with Gasteiger partial charge in [-0.25, -0.2) is 4.98 Å². The summed E-state index contributed by atoms with van der Waals surface area (Å²) in [5.41, 5.74) is 3.35. The molecule has 8 heteroatoms. The van der Waals surface area contributed by atoms with Crippen molar-refractivity contribution in [2.24, 2.45) is 17.3 Å². The molecule has 2 heterocycles. The molecule has 0 radical (unpaired) electrons. The number of azo groups is 1. The quantitative estimate of drug-likeness (QED) is 0.380. The lowest BCUT2D eigenvalue weighted by molar-refractivity contribution is -0.120. The number of carbonyl (C=O) groups excluding carboxylic acids is 1. The molecular formula is C24H18N4O4. The second kappa shape index (κ2) is 7.99. The molecule has 0 saturated heterocycles. The number of para-hydroxylation sites is 3. The van der Waals surface area contributed by atoms with Gasteiger partial charge in [-0.15, -0.1) is 10.2 Å². The highest BCUT2D eigenvalue weighted by molar-refractivity contribution is 5.95. The first-order chi connectivity index (χ1) is 15.6. The fourth-order valence-electron chi connectivity index (χ4n) is 3.43. The van der Waals surface area contributed by atoms with Crippen LogP contribution in [-0.2, 0) is 11.8 Å². The number of hydrogen-bond donors (Lipinski definition) is 1. The molecular weight excluding hydrogens is 408 g/mol. The molecule has 0 unspecified atom stereocenters. The van der Waals surface area contributed by atoms with Crippen LogP contribution in [0.2, 0.25) is 0 Å². The third kappa shape index (κ3) is 3.58. The van der Waals surface area contributed by atoms with Crippen LogP contribution in [0.4, 0.5) is 5.69 Å². The van der Waals surface area contributed by atoms with Crippen molar-refractivity contribution in [3.63, 3.8) is 0 Å². The van der Waals surface area contributed by atoms with Gasteiger partial charge in [0.1, 0.15) is 11.3 Å². The minimum atomic E-state index is -0.569. The molecule has 5 rings (SSSR count). The lowest BCUT2D eigenvalue weighted by Crippen LogP contribution is -2.07. The van der Waals surface area contributed by atoms with E-state index < -0.39 is 5.91 Å². The van der Waals surface area contributed by atoms with E-state index >= 15 is 0 Å². The molecule has 32 heavy (non-hydrogen) atoms. The Bertz CT molecular complexity index is 1430. The summed E-state index contributed by atoms with van der Waals surface area (Å²) in [4.78, 5) is 16.6. The predicted molar refractivity (Wildman–Crippen MR) is 119 cm³/mol. The lowest BCUT2D eigenvalue weighted by Gasteiger charge is -2.03. The molecule has 5 aromatic rings. The standard InChI is InChI=1S/C24H18N4O4/c1-28-19-8-4-2-6-17(19)22(24(28)30)27-26-21(29)14-31-16-12-10-15(11-13-16)23-25-18-7-3-5-9-20(18)32-23/h2-13,30H,14H2,1H3. The molecule has 0 fully saturated rings. The molecule has 0 spiro atoms. The first kappa shape index (κ1) is 19.5. The van der Waals surface area contributed by atoms with E-state index in [1.54, 1.807) is 35.9 Å². The third-order valence-electron chi connectivity index (χ3n) is 5.07. The number of aromatic hydroxyl groups is 1. The third-order valence-corrected chi connectivity index (χ3v) is 5.07. The monoisotopic (exact) mass is 426 g/mol. The number of benzene rings is 3. The Morgan fingerprint density at radius 2 is 1.81 bits per heavy atom. The van der Waals surface area contributed by atoms with Gasteiger partial charge in [-0.2, -0.15) is 0 Å². The molecule has 0 bridgehead atoms. The maximum absolute atomic E-state index is 12.1. The molecule has 3 aromatic carbocycles. The molecule has 0 saturated carbocycles. The molecule has 8 nitrogen and oxygen atoms in total. The number of amides is 1. The number of fused-ring (bicyclic) bond motifs is 2.